The van der Waals surface area contributed by atoms with Gasteiger partial charge < -0.3 is 10.1 Å². The van der Waals surface area contributed by atoms with E-state index in [-0.39, 0.29) is 0 Å². The van der Waals surface area contributed by atoms with Crippen molar-refractivity contribution in [2.75, 3.05) is 20.3 Å². The van der Waals surface area contributed by atoms with Gasteiger partial charge in [-0.05, 0) is 25.3 Å². The van der Waals surface area contributed by atoms with Crippen LogP contribution in [-0.4, -0.2) is 35.0 Å². The van der Waals surface area contributed by atoms with Crippen LogP contribution in [0.25, 0.3) is 0 Å². The van der Waals surface area contributed by atoms with Crippen LogP contribution in [0, 0.1) is 5.92 Å². The molecule has 0 spiro atoms. The summed E-state index contributed by atoms with van der Waals surface area (Å²) >= 11 is 0. The van der Waals surface area contributed by atoms with Crippen molar-refractivity contribution in [1.82, 2.24) is 20.1 Å². The SMILES string of the molecule is COCCCCn1ncnc1CNCC(C)C. The zero-order chi connectivity index (χ0) is 12.5. The molecule has 98 valence electrons. The number of unbranched alkanes of at least 4 members (excludes halogenated alkanes) is 1. The first kappa shape index (κ1) is 14.1. The predicted molar refractivity (Wildman–Crippen MR) is 67.7 cm³/mol. The molecule has 1 aromatic heterocycles. The second-order valence-corrected chi connectivity index (χ2v) is 4.62. The summed E-state index contributed by atoms with van der Waals surface area (Å²) in [6.07, 6.45) is 3.77. The molecule has 1 rings (SSSR count). The van der Waals surface area contributed by atoms with E-state index in [0.717, 1.165) is 44.9 Å². The van der Waals surface area contributed by atoms with E-state index < -0.39 is 0 Å². The molecule has 1 heterocycles. The van der Waals surface area contributed by atoms with E-state index in [9.17, 15) is 0 Å². The Morgan fingerprint density at radius 3 is 2.94 bits per heavy atom. The zero-order valence-electron chi connectivity index (χ0n) is 11.1. The fourth-order valence-corrected chi connectivity index (χ4v) is 1.59. The summed E-state index contributed by atoms with van der Waals surface area (Å²) in [4.78, 5) is 4.27. The largest absolute Gasteiger partial charge is 0.385 e. The topological polar surface area (TPSA) is 52.0 Å². The number of rotatable bonds is 9. The molecular formula is C12H24N4O. The smallest absolute Gasteiger partial charge is 0.140 e. The highest BCUT2D eigenvalue weighted by molar-refractivity contribution is 4.83. The number of nitrogens with one attached hydrogen (secondary N) is 1. The van der Waals surface area contributed by atoms with Gasteiger partial charge in [0.15, 0.2) is 0 Å². The van der Waals surface area contributed by atoms with Crippen LogP contribution < -0.4 is 5.32 Å². The quantitative estimate of drug-likeness (QED) is 0.664. The van der Waals surface area contributed by atoms with Crippen molar-refractivity contribution in [3.05, 3.63) is 12.2 Å². The maximum absolute atomic E-state index is 5.03. The van der Waals surface area contributed by atoms with Gasteiger partial charge in [0.2, 0.25) is 0 Å². The van der Waals surface area contributed by atoms with Crippen LogP contribution in [0.15, 0.2) is 6.33 Å². The van der Waals surface area contributed by atoms with Gasteiger partial charge in [-0.3, -0.25) is 0 Å². The Morgan fingerprint density at radius 2 is 2.24 bits per heavy atom. The Labute approximate surface area is 104 Å². The molecule has 0 amide bonds. The molecule has 0 aliphatic heterocycles. The molecule has 5 nitrogen and oxygen atoms in total. The molecule has 0 aliphatic rings. The van der Waals surface area contributed by atoms with Crippen LogP contribution in [0.2, 0.25) is 0 Å². The highest BCUT2D eigenvalue weighted by Crippen LogP contribution is 1.99. The van der Waals surface area contributed by atoms with E-state index in [0.29, 0.717) is 5.92 Å². The lowest BCUT2D eigenvalue weighted by molar-refractivity contribution is 0.190. The molecule has 0 radical (unpaired) electrons. The molecule has 1 aromatic rings. The van der Waals surface area contributed by atoms with E-state index in [1.165, 1.54) is 0 Å². The Hall–Kier alpha value is -0.940. The molecule has 0 bridgehead atoms. The van der Waals surface area contributed by atoms with Gasteiger partial charge >= 0.3 is 0 Å². The lowest BCUT2D eigenvalue weighted by atomic mass is 10.2. The number of aromatic nitrogens is 3. The lowest BCUT2D eigenvalue weighted by Crippen LogP contribution is -2.22. The minimum atomic E-state index is 0.660. The van der Waals surface area contributed by atoms with E-state index in [1.807, 2.05) is 4.68 Å². The lowest BCUT2D eigenvalue weighted by Gasteiger charge is -2.08. The highest BCUT2D eigenvalue weighted by atomic mass is 16.5. The minimum Gasteiger partial charge on any atom is -0.385 e. The fraction of sp³-hybridized carbons (Fsp3) is 0.833. The highest BCUT2D eigenvalue weighted by Gasteiger charge is 2.03. The Morgan fingerprint density at radius 1 is 1.41 bits per heavy atom. The van der Waals surface area contributed by atoms with Crippen LogP contribution in [0.3, 0.4) is 0 Å². The van der Waals surface area contributed by atoms with Crippen LogP contribution in [0.4, 0.5) is 0 Å². The molecule has 0 unspecified atom stereocenters. The van der Waals surface area contributed by atoms with Gasteiger partial charge in [-0.1, -0.05) is 13.8 Å². The number of methoxy groups -OCH3 is 1. The van der Waals surface area contributed by atoms with Crippen molar-refractivity contribution in [1.29, 1.82) is 0 Å². The van der Waals surface area contributed by atoms with Crippen LogP contribution >= 0.6 is 0 Å². The van der Waals surface area contributed by atoms with Crippen molar-refractivity contribution < 1.29 is 4.74 Å². The first-order chi connectivity index (χ1) is 8.24. The van der Waals surface area contributed by atoms with Gasteiger partial charge in [-0.15, -0.1) is 0 Å². The summed E-state index contributed by atoms with van der Waals surface area (Å²) < 4.78 is 7.00. The van der Waals surface area contributed by atoms with Crippen LogP contribution in [0.1, 0.15) is 32.5 Å². The minimum absolute atomic E-state index is 0.660. The third-order valence-corrected chi connectivity index (χ3v) is 2.50. The summed E-state index contributed by atoms with van der Waals surface area (Å²) in [6, 6.07) is 0. The van der Waals surface area contributed by atoms with Crippen LogP contribution in [-0.2, 0) is 17.8 Å². The van der Waals surface area contributed by atoms with Crippen LogP contribution in [0.5, 0.6) is 0 Å². The van der Waals surface area contributed by atoms with Gasteiger partial charge in [0, 0.05) is 20.3 Å². The van der Waals surface area contributed by atoms with Gasteiger partial charge in [0.05, 0.1) is 6.54 Å². The summed E-state index contributed by atoms with van der Waals surface area (Å²) in [6.45, 7) is 7.93. The number of aryl methyl sites for hydroxylation is 1. The van der Waals surface area contributed by atoms with Crippen molar-refractivity contribution in [3.63, 3.8) is 0 Å². The number of hydrogen-bond donors (Lipinski definition) is 1. The molecule has 0 saturated carbocycles. The predicted octanol–water partition coefficient (Wildman–Crippen LogP) is 1.45. The summed E-state index contributed by atoms with van der Waals surface area (Å²) in [5.74, 6) is 1.68. The summed E-state index contributed by atoms with van der Waals surface area (Å²) in [5, 5.41) is 7.62. The van der Waals surface area contributed by atoms with Gasteiger partial charge in [0.25, 0.3) is 0 Å². The average molecular weight is 240 g/mol. The fourth-order valence-electron chi connectivity index (χ4n) is 1.59. The van der Waals surface area contributed by atoms with E-state index >= 15 is 0 Å². The molecule has 0 aromatic carbocycles. The second kappa shape index (κ2) is 8.20. The Bertz CT molecular complexity index is 298. The molecule has 5 heteroatoms. The first-order valence-electron chi connectivity index (χ1n) is 6.30. The third kappa shape index (κ3) is 5.79. The van der Waals surface area contributed by atoms with Crippen molar-refractivity contribution >= 4 is 0 Å². The number of hydrogen-bond acceptors (Lipinski definition) is 4. The van der Waals surface area contributed by atoms with Gasteiger partial charge in [-0.25, -0.2) is 9.67 Å². The maximum Gasteiger partial charge on any atom is 0.140 e. The molecule has 1 N–H and O–H groups in total. The molecule has 0 saturated heterocycles. The summed E-state index contributed by atoms with van der Waals surface area (Å²) in [5.41, 5.74) is 0. The van der Waals surface area contributed by atoms with Gasteiger partial charge in [0.1, 0.15) is 12.2 Å². The third-order valence-electron chi connectivity index (χ3n) is 2.50. The monoisotopic (exact) mass is 240 g/mol. The number of ether oxygens (including phenoxy) is 1. The molecular weight excluding hydrogens is 216 g/mol. The van der Waals surface area contributed by atoms with E-state index in [4.69, 9.17) is 4.74 Å². The van der Waals surface area contributed by atoms with Crippen molar-refractivity contribution in [2.45, 2.75) is 39.8 Å². The maximum atomic E-state index is 5.03. The number of nitrogens with zero attached hydrogens (tertiary/aromatic N) is 3. The molecule has 17 heavy (non-hydrogen) atoms. The molecule has 0 aliphatic carbocycles. The van der Waals surface area contributed by atoms with Crippen molar-refractivity contribution in [3.8, 4) is 0 Å². The Kier molecular flexibility index (Phi) is 6.81. The van der Waals surface area contributed by atoms with E-state index in [1.54, 1.807) is 13.4 Å². The first-order valence-corrected chi connectivity index (χ1v) is 6.30. The average Bonchev–Trinajstić information content (AvgIpc) is 2.72. The molecule has 0 fully saturated rings. The van der Waals surface area contributed by atoms with Crippen molar-refractivity contribution in [2.24, 2.45) is 5.92 Å². The molecule has 0 atom stereocenters. The standard InChI is InChI=1S/C12H24N4O/c1-11(2)8-13-9-12-14-10-15-16(12)6-4-5-7-17-3/h10-11,13H,4-9H2,1-3H3. The second-order valence-electron chi connectivity index (χ2n) is 4.62. The Balaban J connectivity index is 2.27. The van der Waals surface area contributed by atoms with E-state index in [2.05, 4.69) is 29.2 Å². The van der Waals surface area contributed by atoms with Gasteiger partial charge in [-0.2, -0.15) is 5.10 Å². The summed E-state index contributed by atoms with van der Waals surface area (Å²) in [7, 11) is 1.73. The zero-order valence-corrected chi connectivity index (χ0v) is 11.1. The normalized spacial score (nSPS) is 11.3.